The molecule has 1 amide bonds. The van der Waals surface area contributed by atoms with E-state index in [1.54, 1.807) is 54.1 Å². The zero-order valence-electron chi connectivity index (χ0n) is 17.3. The van der Waals surface area contributed by atoms with Gasteiger partial charge in [-0.3, -0.25) is 9.36 Å². The first-order valence-corrected chi connectivity index (χ1v) is 11.3. The Balaban J connectivity index is 1.79. The fourth-order valence-electron chi connectivity index (χ4n) is 3.26. The molecular weight excluding hydrogens is 503 g/mol. The molecular formula is C23H17Cl3N4O2S. The van der Waals surface area contributed by atoms with Crippen LogP contribution >= 0.6 is 47.0 Å². The van der Waals surface area contributed by atoms with E-state index in [2.05, 4.69) is 10.4 Å². The third kappa shape index (κ3) is 5.07. The number of rotatable bonds is 6. The van der Waals surface area contributed by atoms with Crippen molar-refractivity contribution >= 4 is 58.6 Å². The standard InChI is InChI=1S/C23H17Cl3N4O2S/c1-32-20-5-3-2-4-19(20)30-22(17-11-8-15(25)12-18(17)26)28-29(23(30)33)13-21(31)27-16-9-6-14(24)7-10-16/h2-12H,13H2,1H3,(H,27,31). The number of nitrogens with one attached hydrogen (secondary N) is 1. The highest BCUT2D eigenvalue weighted by Gasteiger charge is 2.20. The monoisotopic (exact) mass is 518 g/mol. The van der Waals surface area contributed by atoms with Gasteiger partial charge in [-0.2, -0.15) is 5.10 Å². The van der Waals surface area contributed by atoms with Crippen LogP contribution in [0.5, 0.6) is 5.75 Å². The Morgan fingerprint density at radius 2 is 1.73 bits per heavy atom. The summed E-state index contributed by atoms with van der Waals surface area (Å²) in [4.78, 5) is 12.7. The number of benzene rings is 3. The third-order valence-corrected chi connectivity index (χ3v) is 5.95. The van der Waals surface area contributed by atoms with Crippen LogP contribution in [0.1, 0.15) is 0 Å². The van der Waals surface area contributed by atoms with Gasteiger partial charge in [-0.05, 0) is 66.8 Å². The first kappa shape index (κ1) is 23.3. The first-order chi connectivity index (χ1) is 15.9. The van der Waals surface area contributed by atoms with Crippen molar-refractivity contribution in [1.29, 1.82) is 0 Å². The van der Waals surface area contributed by atoms with Crippen LogP contribution in [0.25, 0.3) is 17.1 Å². The number of hydrogen-bond acceptors (Lipinski definition) is 4. The molecule has 4 aromatic rings. The summed E-state index contributed by atoms with van der Waals surface area (Å²) in [5.41, 5.74) is 1.88. The molecule has 1 aromatic heterocycles. The molecule has 4 rings (SSSR count). The van der Waals surface area contributed by atoms with Crippen LogP contribution < -0.4 is 10.1 Å². The van der Waals surface area contributed by atoms with Gasteiger partial charge < -0.3 is 10.1 Å². The molecule has 0 radical (unpaired) electrons. The summed E-state index contributed by atoms with van der Waals surface area (Å²) in [5, 5.41) is 8.91. The molecule has 0 fully saturated rings. The zero-order chi connectivity index (χ0) is 23.5. The molecule has 3 aromatic carbocycles. The molecule has 1 N–H and O–H groups in total. The largest absolute Gasteiger partial charge is 0.495 e. The minimum absolute atomic E-state index is 0.109. The highest BCUT2D eigenvalue weighted by atomic mass is 35.5. The van der Waals surface area contributed by atoms with Crippen LogP contribution in [0.4, 0.5) is 5.69 Å². The van der Waals surface area contributed by atoms with Crippen LogP contribution in [0, 0.1) is 4.77 Å². The molecule has 6 nitrogen and oxygen atoms in total. The fourth-order valence-corrected chi connectivity index (χ4v) is 4.17. The zero-order valence-corrected chi connectivity index (χ0v) is 20.3. The van der Waals surface area contributed by atoms with Gasteiger partial charge in [-0.15, -0.1) is 0 Å². The van der Waals surface area contributed by atoms with Crippen molar-refractivity contribution in [2.75, 3.05) is 12.4 Å². The molecule has 0 unspecified atom stereocenters. The summed E-state index contributed by atoms with van der Waals surface area (Å²) < 4.78 is 8.98. The van der Waals surface area contributed by atoms with Crippen molar-refractivity contribution in [1.82, 2.24) is 14.3 Å². The number of hydrogen-bond donors (Lipinski definition) is 1. The van der Waals surface area contributed by atoms with E-state index in [0.29, 0.717) is 48.4 Å². The highest BCUT2D eigenvalue weighted by Crippen LogP contribution is 2.33. The Kier molecular flexibility index (Phi) is 7.05. The fraction of sp³-hybridized carbons (Fsp3) is 0.0870. The van der Waals surface area contributed by atoms with Crippen molar-refractivity contribution < 1.29 is 9.53 Å². The quantitative estimate of drug-likeness (QED) is 0.289. The highest BCUT2D eigenvalue weighted by molar-refractivity contribution is 7.71. The Labute approximate surface area is 210 Å². The van der Waals surface area contributed by atoms with Gasteiger partial charge in [0.15, 0.2) is 5.82 Å². The van der Waals surface area contributed by atoms with Gasteiger partial charge in [0, 0.05) is 21.3 Å². The second kappa shape index (κ2) is 9.97. The van der Waals surface area contributed by atoms with E-state index in [4.69, 9.17) is 51.8 Å². The smallest absolute Gasteiger partial charge is 0.246 e. The molecule has 0 aliphatic rings. The van der Waals surface area contributed by atoms with Gasteiger partial charge >= 0.3 is 0 Å². The maximum absolute atomic E-state index is 12.7. The van der Waals surface area contributed by atoms with E-state index in [-0.39, 0.29) is 12.5 Å². The molecule has 33 heavy (non-hydrogen) atoms. The summed E-state index contributed by atoms with van der Waals surface area (Å²) >= 11 is 24.2. The summed E-state index contributed by atoms with van der Waals surface area (Å²) in [7, 11) is 1.57. The lowest BCUT2D eigenvalue weighted by Gasteiger charge is -2.12. The number of methoxy groups -OCH3 is 1. The topological polar surface area (TPSA) is 61.1 Å². The van der Waals surface area contributed by atoms with Crippen molar-refractivity contribution in [2.45, 2.75) is 6.54 Å². The predicted molar refractivity (Wildman–Crippen MR) is 134 cm³/mol. The van der Waals surface area contributed by atoms with Crippen molar-refractivity contribution in [3.63, 3.8) is 0 Å². The maximum atomic E-state index is 12.7. The van der Waals surface area contributed by atoms with Crippen LogP contribution in [0.3, 0.4) is 0 Å². The van der Waals surface area contributed by atoms with Gasteiger partial charge in [-0.25, -0.2) is 4.68 Å². The van der Waals surface area contributed by atoms with Crippen molar-refractivity contribution in [3.05, 3.63) is 86.6 Å². The van der Waals surface area contributed by atoms with E-state index >= 15 is 0 Å². The van der Waals surface area contributed by atoms with E-state index in [0.717, 1.165) is 0 Å². The van der Waals surface area contributed by atoms with Gasteiger partial charge in [0.05, 0.1) is 17.8 Å². The molecule has 0 aliphatic carbocycles. The number of aromatic nitrogens is 3. The maximum Gasteiger partial charge on any atom is 0.246 e. The molecule has 1 heterocycles. The Morgan fingerprint density at radius 1 is 1.03 bits per heavy atom. The third-order valence-electron chi connectivity index (χ3n) is 4.76. The molecule has 10 heteroatoms. The Bertz CT molecular complexity index is 1380. The van der Waals surface area contributed by atoms with E-state index in [9.17, 15) is 4.79 Å². The van der Waals surface area contributed by atoms with Crippen LogP contribution in [-0.2, 0) is 11.3 Å². The minimum Gasteiger partial charge on any atom is -0.495 e. The van der Waals surface area contributed by atoms with Crippen LogP contribution in [0.2, 0.25) is 15.1 Å². The van der Waals surface area contributed by atoms with Crippen molar-refractivity contribution in [2.24, 2.45) is 0 Å². The molecule has 0 spiro atoms. The van der Waals surface area contributed by atoms with Crippen LogP contribution in [0.15, 0.2) is 66.7 Å². The average Bonchev–Trinajstić information content (AvgIpc) is 3.10. The van der Waals surface area contributed by atoms with Gasteiger partial charge in [0.25, 0.3) is 0 Å². The molecule has 168 valence electrons. The van der Waals surface area contributed by atoms with Gasteiger partial charge in [0.2, 0.25) is 10.7 Å². The van der Waals surface area contributed by atoms with Crippen LogP contribution in [-0.4, -0.2) is 27.4 Å². The number of carbonyl (C=O) groups excluding carboxylic acids is 1. The number of nitrogens with zero attached hydrogens (tertiary/aromatic N) is 3. The lowest BCUT2D eigenvalue weighted by atomic mass is 10.2. The number of halogens is 3. The lowest BCUT2D eigenvalue weighted by Crippen LogP contribution is -2.19. The number of amides is 1. The van der Waals surface area contributed by atoms with E-state index < -0.39 is 0 Å². The normalized spacial score (nSPS) is 10.8. The Hall–Kier alpha value is -2.84. The summed E-state index contributed by atoms with van der Waals surface area (Å²) in [6, 6.07) is 19.3. The van der Waals surface area contributed by atoms with E-state index in [1.165, 1.54) is 4.68 Å². The molecule has 0 saturated heterocycles. The predicted octanol–water partition coefficient (Wildman–Crippen LogP) is 6.68. The minimum atomic E-state index is -0.299. The van der Waals surface area contributed by atoms with Crippen molar-refractivity contribution in [3.8, 4) is 22.8 Å². The number of ether oxygens (including phenoxy) is 1. The number of anilines is 1. The Morgan fingerprint density at radius 3 is 2.42 bits per heavy atom. The van der Waals surface area contributed by atoms with E-state index in [1.807, 2.05) is 24.3 Å². The summed E-state index contributed by atoms with van der Waals surface area (Å²) in [6.07, 6.45) is 0. The van der Waals surface area contributed by atoms with Gasteiger partial charge in [0.1, 0.15) is 12.3 Å². The molecule has 0 aliphatic heterocycles. The second-order valence-electron chi connectivity index (χ2n) is 6.95. The number of para-hydroxylation sites is 2. The average molecular weight is 520 g/mol. The summed E-state index contributed by atoms with van der Waals surface area (Å²) in [6.45, 7) is -0.109. The molecule has 0 atom stereocenters. The number of carbonyl (C=O) groups is 1. The van der Waals surface area contributed by atoms with Gasteiger partial charge in [-0.1, -0.05) is 46.9 Å². The second-order valence-corrected chi connectivity index (χ2v) is 8.60. The molecule has 0 saturated carbocycles. The lowest BCUT2D eigenvalue weighted by molar-refractivity contribution is -0.116. The SMILES string of the molecule is COc1ccccc1-n1c(-c2ccc(Cl)cc2Cl)nn(CC(=O)Nc2ccc(Cl)cc2)c1=S. The first-order valence-electron chi connectivity index (χ1n) is 9.71. The summed E-state index contributed by atoms with van der Waals surface area (Å²) in [5.74, 6) is 0.738. The molecule has 0 bridgehead atoms.